The largest absolute Gasteiger partial charge is 0.490 e. The molecular weight excluding hydrogens is 624 g/mol. The summed E-state index contributed by atoms with van der Waals surface area (Å²) < 4.78 is 44.3. The Morgan fingerprint density at radius 3 is 2.60 bits per heavy atom. The van der Waals surface area contributed by atoms with E-state index in [9.17, 15) is 19.1 Å². The molecule has 0 saturated carbocycles. The summed E-state index contributed by atoms with van der Waals surface area (Å²) in [6, 6.07) is 6.90. The molecule has 0 radical (unpaired) electrons. The van der Waals surface area contributed by atoms with Crippen LogP contribution in [0.15, 0.2) is 36.5 Å². The van der Waals surface area contributed by atoms with Gasteiger partial charge in [0, 0.05) is 35.0 Å². The number of carboxylic acid groups (broad SMARTS) is 1. The van der Waals surface area contributed by atoms with E-state index in [-0.39, 0.29) is 34.9 Å². The molecule has 2 N–H and O–H groups in total. The number of amides is 1. The van der Waals surface area contributed by atoms with Gasteiger partial charge in [-0.1, -0.05) is 11.3 Å². The van der Waals surface area contributed by atoms with Crippen LogP contribution in [0, 0.1) is 32.4 Å². The predicted molar refractivity (Wildman–Crippen MR) is 170 cm³/mol. The van der Waals surface area contributed by atoms with Crippen molar-refractivity contribution < 1.29 is 33.0 Å². The van der Waals surface area contributed by atoms with Crippen molar-refractivity contribution in [1.82, 2.24) is 34.9 Å². The van der Waals surface area contributed by atoms with Crippen LogP contribution in [-0.2, 0) is 22.5 Å². The van der Waals surface area contributed by atoms with Crippen LogP contribution >= 0.6 is 0 Å². The third kappa shape index (κ3) is 6.10. The van der Waals surface area contributed by atoms with Crippen molar-refractivity contribution in [3.63, 3.8) is 0 Å². The van der Waals surface area contributed by atoms with Crippen molar-refractivity contribution in [3.8, 4) is 22.7 Å². The molecule has 48 heavy (non-hydrogen) atoms. The number of ether oxygens (including phenoxy) is 2. The van der Waals surface area contributed by atoms with Crippen molar-refractivity contribution in [2.24, 2.45) is 0 Å². The average molecular weight is 660 g/mol. The summed E-state index contributed by atoms with van der Waals surface area (Å²) in [7, 11) is 0. The molecule has 6 rings (SSSR count). The van der Waals surface area contributed by atoms with Gasteiger partial charge < -0.3 is 19.9 Å². The van der Waals surface area contributed by atoms with E-state index >= 15 is 4.39 Å². The molecule has 5 aromatic rings. The second kappa shape index (κ2) is 12.4. The monoisotopic (exact) mass is 659 g/mol. The van der Waals surface area contributed by atoms with Crippen LogP contribution < -0.4 is 10.1 Å². The summed E-state index contributed by atoms with van der Waals surface area (Å²) in [5.41, 5.74) is 3.48. The van der Waals surface area contributed by atoms with Gasteiger partial charge in [0.15, 0.2) is 29.0 Å². The first-order valence-corrected chi connectivity index (χ1v) is 15.4. The van der Waals surface area contributed by atoms with E-state index in [4.69, 9.17) is 9.47 Å². The number of halogens is 2. The maximum atomic E-state index is 15.6. The number of nitrogens with one attached hydrogen (secondary N) is 1. The molecule has 1 atom stereocenters. The van der Waals surface area contributed by atoms with Crippen molar-refractivity contribution >= 4 is 17.5 Å². The third-order valence-corrected chi connectivity index (χ3v) is 8.15. The topological polar surface area (TPSA) is 146 Å². The van der Waals surface area contributed by atoms with Gasteiger partial charge in [-0.05, 0) is 83.7 Å². The zero-order valence-corrected chi connectivity index (χ0v) is 27.4. The van der Waals surface area contributed by atoms with Gasteiger partial charge in [-0.2, -0.15) is 5.10 Å². The fraction of sp³-hybridized carbons (Fsp3) is 0.353. The first kappa shape index (κ1) is 32.7. The van der Waals surface area contributed by atoms with Crippen molar-refractivity contribution in [3.05, 3.63) is 87.5 Å². The van der Waals surface area contributed by atoms with E-state index in [1.807, 2.05) is 6.92 Å². The lowest BCUT2D eigenvalue weighted by molar-refractivity contribution is -0.160. The summed E-state index contributed by atoms with van der Waals surface area (Å²) in [5.74, 6) is -2.73. The Morgan fingerprint density at radius 1 is 1.15 bits per heavy atom. The fourth-order valence-electron chi connectivity index (χ4n) is 5.98. The van der Waals surface area contributed by atoms with Gasteiger partial charge in [0.05, 0.1) is 35.5 Å². The highest BCUT2D eigenvalue weighted by molar-refractivity contribution is 5.93. The van der Waals surface area contributed by atoms with E-state index in [0.717, 1.165) is 0 Å². The van der Waals surface area contributed by atoms with E-state index in [1.54, 1.807) is 40.7 Å². The Labute approximate surface area is 274 Å². The molecule has 0 saturated heterocycles. The summed E-state index contributed by atoms with van der Waals surface area (Å²) >= 11 is 0. The summed E-state index contributed by atoms with van der Waals surface area (Å²) in [6.45, 7) is 10.8. The molecule has 0 spiro atoms. The maximum Gasteiger partial charge on any atom is 0.337 e. The molecule has 2 aromatic carbocycles. The Morgan fingerprint density at radius 2 is 1.92 bits per heavy atom. The SMILES string of the molecule is Cc1nc2cc(C(=O)NCc3ccc(F)cc3-n3nncc3C)nn2c(-c2cc(F)c3c(c2C)CCCO3)c1[C@H](OC(C)(C)C)C(=O)O. The standard InChI is InChI=1S/C34H35F2N7O5/c1-17-15-38-41-42(17)26-12-21(35)10-9-20(26)16-37-32(44)25-14-27-39-19(3)28(31(33(45)46)48-34(4,5)6)29(43(27)40-25)23-13-24(36)30-22(18(23)2)8-7-11-47-30/h9-10,12-15,31H,7-8,11,16H2,1-6H3,(H,37,44)(H,45,46)/t31-/m0/s1. The summed E-state index contributed by atoms with van der Waals surface area (Å²) in [6.07, 6.45) is 1.31. The Bertz CT molecular complexity index is 2080. The zero-order chi connectivity index (χ0) is 34.5. The van der Waals surface area contributed by atoms with Gasteiger partial charge in [0.25, 0.3) is 5.91 Å². The minimum absolute atomic E-state index is 0.00182. The number of aryl methyl sites for hydroxylation is 2. The second-order valence-corrected chi connectivity index (χ2v) is 12.7. The number of nitrogens with zero attached hydrogens (tertiary/aromatic N) is 6. The van der Waals surface area contributed by atoms with Crippen LogP contribution in [0.3, 0.4) is 0 Å². The summed E-state index contributed by atoms with van der Waals surface area (Å²) in [5, 5.41) is 25.7. The lowest BCUT2D eigenvalue weighted by Gasteiger charge is -2.28. The first-order valence-electron chi connectivity index (χ1n) is 15.4. The highest BCUT2D eigenvalue weighted by atomic mass is 19.1. The van der Waals surface area contributed by atoms with Gasteiger partial charge >= 0.3 is 5.97 Å². The average Bonchev–Trinajstić information content (AvgIpc) is 3.66. The number of carbonyl (C=O) groups is 2. The molecule has 250 valence electrons. The lowest BCUT2D eigenvalue weighted by Crippen LogP contribution is -2.29. The number of carboxylic acids is 1. The number of rotatable bonds is 8. The molecule has 4 heterocycles. The molecule has 0 aliphatic carbocycles. The molecule has 1 aliphatic heterocycles. The number of benzene rings is 2. The third-order valence-electron chi connectivity index (χ3n) is 8.15. The summed E-state index contributed by atoms with van der Waals surface area (Å²) in [4.78, 5) is 30.9. The fourth-order valence-corrected chi connectivity index (χ4v) is 5.98. The normalized spacial score (nSPS) is 13.7. The minimum Gasteiger partial charge on any atom is -0.490 e. The first-order chi connectivity index (χ1) is 22.7. The number of hydrogen-bond donors (Lipinski definition) is 2. The second-order valence-electron chi connectivity index (χ2n) is 12.7. The van der Waals surface area contributed by atoms with Crippen LogP contribution in [0.25, 0.3) is 22.6 Å². The highest BCUT2D eigenvalue weighted by Crippen LogP contribution is 2.41. The van der Waals surface area contributed by atoms with Gasteiger partial charge in [0.1, 0.15) is 5.82 Å². The minimum atomic E-state index is -1.50. The van der Waals surface area contributed by atoms with Gasteiger partial charge in [-0.25, -0.2) is 27.8 Å². The van der Waals surface area contributed by atoms with Crippen molar-refractivity contribution in [2.45, 2.75) is 72.6 Å². The predicted octanol–water partition coefficient (Wildman–Crippen LogP) is 5.38. The molecule has 0 bridgehead atoms. The maximum absolute atomic E-state index is 15.6. The number of aliphatic carboxylic acids is 1. The van der Waals surface area contributed by atoms with Crippen LogP contribution in [-0.4, -0.2) is 58.8 Å². The Balaban J connectivity index is 1.47. The van der Waals surface area contributed by atoms with E-state index in [0.29, 0.717) is 58.8 Å². The van der Waals surface area contributed by atoms with Crippen LogP contribution in [0.5, 0.6) is 5.75 Å². The van der Waals surface area contributed by atoms with Crippen LogP contribution in [0.2, 0.25) is 0 Å². The molecule has 14 heteroatoms. The number of carbonyl (C=O) groups excluding carboxylic acids is 1. The lowest BCUT2D eigenvalue weighted by atomic mass is 9.91. The molecule has 3 aromatic heterocycles. The molecular formula is C34H35F2N7O5. The van der Waals surface area contributed by atoms with Crippen molar-refractivity contribution in [1.29, 1.82) is 0 Å². The Kier molecular flexibility index (Phi) is 8.45. The zero-order valence-electron chi connectivity index (χ0n) is 27.4. The van der Waals surface area contributed by atoms with Crippen molar-refractivity contribution in [2.75, 3.05) is 6.61 Å². The molecule has 1 amide bonds. The number of fused-ring (bicyclic) bond motifs is 2. The van der Waals surface area contributed by atoms with Crippen LogP contribution in [0.1, 0.15) is 77.4 Å². The Hall–Kier alpha value is -5.24. The van der Waals surface area contributed by atoms with Crippen LogP contribution in [0.4, 0.5) is 8.78 Å². The highest BCUT2D eigenvalue weighted by Gasteiger charge is 2.35. The molecule has 12 nitrogen and oxygen atoms in total. The van der Waals surface area contributed by atoms with E-state index in [2.05, 4.69) is 25.7 Å². The molecule has 1 aliphatic rings. The molecule has 0 unspecified atom stereocenters. The van der Waals surface area contributed by atoms with E-state index in [1.165, 1.54) is 39.7 Å². The van der Waals surface area contributed by atoms with Gasteiger partial charge in [-0.3, -0.25) is 4.79 Å². The number of hydrogen-bond acceptors (Lipinski definition) is 8. The van der Waals surface area contributed by atoms with E-state index < -0.39 is 35.2 Å². The van der Waals surface area contributed by atoms with Gasteiger partial charge in [0.2, 0.25) is 0 Å². The molecule has 0 fully saturated rings. The smallest absolute Gasteiger partial charge is 0.337 e. The number of aromatic nitrogens is 6. The van der Waals surface area contributed by atoms with Gasteiger partial charge in [-0.15, -0.1) is 5.10 Å². The quantitative estimate of drug-likeness (QED) is 0.224.